The van der Waals surface area contributed by atoms with Crippen LogP contribution in [0.2, 0.25) is 0 Å². The Bertz CT molecular complexity index is 1260. The molecule has 3 aromatic carbocycles. The van der Waals surface area contributed by atoms with Crippen LogP contribution in [0.15, 0.2) is 83.8 Å². The summed E-state index contributed by atoms with van der Waals surface area (Å²) in [7, 11) is -0.312. The van der Waals surface area contributed by atoms with Crippen molar-refractivity contribution in [2.45, 2.75) is 4.90 Å². The molecule has 0 bridgehead atoms. The monoisotopic (exact) mass is 502 g/mol. The number of hydrogen-bond donors (Lipinski definition) is 5. The first kappa shape index (κ1) is 28.7. The largest absolute Gasteiger partial charge is 0.506 e. The lowest BCUT2D eigenvalue weighted by Gasteiger charge is -2.11. The minimum atomic E-state index is -4.23. The molecule has 0 atom stereocenters. The summed E-state index contributed by atoms with van der Waals surface area (Å²) >= 11 is 0. The van der Waals surface area contributed by atoms with E-state index in [-0.39, 0.29) is 16.3 Å². The Morgan fingerprint density at radius 2 is 1.49 bits per heavy atom. The SMILES string of the molecule is CN(C)c1ccc(/C=C/C(=O)O)cc1.Nc1cc(S(=O)(=O)O)ccc1O.O=C(O)c1ccccc1. The molecule has 186 valence electrons. The summed E-state index contributed by atoms with van der Waals surface area (Å²) in [6.45, 7) is 0. The van der Waals surface area contributed by atoms with Crippen LogP contribution in [0.25, 0.3) is 6.08 Å². The maximum atomic E-state index is 10.5. The first-order chi connectivity index (χ1) is 16.3. The van der Waals surface area contributed by atoms with Crippen LogP contribution in [-0.4, -0.2) is 54.3 Å². The summed E-state index contributed by atoms with van der Waals surface area (Å²) in [6.07, 6.45) is 2.70. The Labute approximate surface area is 202 Å². The number of nitrogen functional groups attached to an aromatic ring is 1. The fraction of sp³-hybridized carbons (Fsp3) is 0.0833. The summed E-state index contributed by atoms with van der Waals surface area (Å²) in [5.74, 6) is -2.03. The summed E-state index contributed by atoms with van der Waals surface area (Å²) in [4.78, 5) is 22.1. The number of phenols is 1. The van der Waals surface area contributed by atoms with Gasteiger partial charge in [0, 0.05) is 25.9 Å². The van der Waals surface area contributed by atoms with Gasteiger partial charge in [-0.3, -0.25) is 4.55 Å². The number of carboxylic acid groups (broad SMARTS) is 2. The average Bonchev–Trinajstić information content (AvgIpc) is 2.80. The van der Waals surface area contributed by atoms with Crippen molar-refractivity contribution >= 4 is 39.5 Å². The molecule has 10 nitrogen and oxygen atoms in total. The van der Waals surface area contributed by atoms with E-state index in [1.165, 1.54) is 0 Å². The number of anilines is 2. The zero-order valence-electron chi connectivity index (χ0n) is 18.9. The van der Waals surface area contributed by atoms with Crippen LogP contribution < -0.4 is 10.6 Å². The molecule has 6 N–H and O–H groups in total. The smallest absolute Gasteiger partial charge is 0.335 e. The fourth-order valence-electron chi connectivity index (χ4n) is 2.32. The number of nitrogens with zero attached hydrogens (tertiary/aromatic N) is 1. The van der Waals surface area contributed by atoms with E-state index in [1.807, 2.05) is 43.3 Å². The minimum Gasteiger partial charge on any atom is -0.506 e. The van der Waals surface area contributed by atoms with Gasteiger partial charge in [-0.15, -0.1) is 0 Å². The molecule has 0 fully saturated rings. The Kier molecular flexibility index (Phi) is 11.0. The summed E-state index contributed by atoms with van der Waals surface area (Å²) < 4.78 is 29.6. The summed E-state index contributed by atoms with van der Waals surface area (Å²) in [6, 6.07) is 19.1. The second-order valence-corrected chi connectivity index (χ2v) is 8.45. The van der Waals surface area contributed by atoms with Crippen molar-refractivity contribution in [1.29, 1.82) is 0 Å². The van der Waals surface area contributed by atoms with Crippen LogP contribution in [0.4, 0.5) is 11.4 Å². The van der Waals surface area contributed by atoms with Crippen molar-refractivity contribution in [3.05, 3.63) is 90.0 Å². The quantitative estimate of drug-likeness (QED) is 0.150. The molecule has 3 rings (SSSR count). The predicted octanol–water partition coefficient (Wildman–Crippen LogP) is 3.46. The Morgan fingerprint density at radius 3 is 1.89 bits per heavy atom. The minimum absolute atomic E-state index is 0.0925. The molecule has 0 aliphatic rings. The molecule has 0 spiro atoms. The number of rotatable bonds is 5. The van der Waals surface area contributed by atoms with E-state index in [2.05, 4.69) is 0 Å². The number of carboxylic acids is 2. The Balaban J connectivity index is 0.000000269. The van der Waals surface area contributed by atoms with E-state index in [1.54, 1.807) is 36.4 Å². The van der Waals surface area contributed by atoms with Crippen LogP contribution >= 0.6 is 0 Å². The van der Waals surface area contributed by atoms with Crippen LogP contribution in [0.5, 0.6) is 5.75 Å². The van der Waals surface area contributed by atoms with E-state index >= 15 is 0 Å². The lowest BCUT2D eigenvalue weighted by molar-refractivity contribution is -0.131. The highest BCUT2D eigenvalue weighted by atomic mass is 32.2. The van der Waals surface area contributed by atoms with Crippen molar-refractivity contribution < 1.29 is 37.9 Å². The molecular formula is C24H26N2O8S. The fourth-order valence-corrected chi connectivity index (χ4v) is 2.84. The zero-order chi connectivity index (χ0) is 26.6. The first-order valence-electron chi connectivity index (χ1n) is 9.84. The van der Waals surface area contributed by atoms with E-state index < -0.39 is 22.1 Å². The van der Waals surface area contributed by atoms with Crippen molar-refractivity contribution in [3.63, 3.8) is 0 Å². The third-order valence-electron chi connectivity index (χ3n) is 4.15. The lowest BCUT2D eigenvalue weighted by atomic mass is 10.2. The number of aromatic carboxylic acids is 1. The predicted molar refractivity (Wildman–Crippen MR) is 133 cm³/mol. The van der Waals surface area contributed by atoms with Gasteiger partial charge in [0.15, 0.2) is 0 Å². The summed E-state index contributed by atoms with van der Waals surface area (Å²) in [5, 5.41) is 25.7. The van der Waals surface area contributed by atoms with Gasteiger partial charge in [0.25, 0.3) is 10.1 Å². The number of hydrogen-bond acceptors (Lipinski definition) is 7. The highest BCUT2D eigenvalue weighted by Gasteiger charge is 2.10. The zero-order valence-corrected chi connectivity index (χ0v) is 19.8. The van der Waals surface area contributed by atoms with Gasteiger partial charge in [0.05, 0.1) is 16.1 Å². The number of benzene rings is 3. The molecule has 0 radical (unpaired) electrons. The van der Waals surface area contributed by atoms with Gasteiger partial charge in [0.2, 0.25) is 0 Å². The van der Waals surface area contributed by atoms with Crippen molar-refractivity contribution in [2.75, 3.05) is 24.7 Å². The summed E-state index contributed by atoms with van der Waals surface area (Å²) in [5.41, 5.74) is 7.41. The van der Waals surface area contributed by atoms with Gasteiger partial charge in [-0.1, -0.05) is 30.3 Å². The number of phenolic OH excluding ortho intramolecular Hbond substituents is 1. The lowest BCUT2D eigenvalue weighted by Crippen LogP contribution is -2.07. The third kappa shape index (κ3) is 10.9. The second-order valence-electron chi connectivity index (χ2n) is 7.02. The molecule has 0 aromatic heterocycles. The van der Waals surface area contributed by atoms with Gasteiger partial charge in [-0.25, -0.2) is 9.59 Å². The number of carbonyl (C=O) groups is 2. The maximum Gasteiger partial charge on any atom is 0.335 e. The molecule has 0 aliphatic carbocycles. The van der Waals surface area contributed by atoms with Crippen molar-refractivity contribution in [1.82, 2.24) is 0 Å². The van der Waals surface area contributed by atoms with Gasteiger partial charge in [-0.2, -0.15) is 8.42 Å². The Hall–Kier alpha value is -4.35. The van der Waals surface area contributed by atoms with Crippen LogP contribution in [0, 0.1) is 0 Å². The standard InChI is InChI=1S/C11H13NO2.C7H6O2.C6H7NO4S/c1-12(2)10-6-3-9(4-7-10)5-8-11(13)14;8-7(9)6-4-2-1-3-5-6;7-5-3-4(12(9,10)11)1-2-6(5)8/h3-8H,1-2H3,(H,13,14);1-5H,(H,8,9);1-3,8H,7H2,(H,9,10,11)/b8-5+;;. The highest BCUT2D eigenvalue weighted by molar-refractivity contribution is 7.85. The normalized spacial score (nSPS) is 10.4. The van der Waals surface area contributed by atoms with Crippen molar-refractivity contribution in [3.8, 4) is 5.75 Å². The van der Waals surface area contributed by atoms with E-state index in [9.17, 15) is 18.0 Å². The molecular weight excluding hydrogens is 476 g/mol. The molecule has 0 amide bonds. The first-order valence-corrected chi connectivity index (χ1v) is 11.3. The van der Waals surface area contributed by atoms with Gasteiger partial charge >= 0.3 is 11.9 Å². The van der Waals surface area contributed by atoms with Gasteiger partial charge < -0.3 is 26.0 Å². The molecule has 0 saturated heterocycles. The number of nitrogens with two attached hydrogens (primary N) is 1. The highest BCUT2D eigenvalue weighted by Crippen LogP contribution is 2.22. The maximum absolute atomic E-state index is 10.5. The third-order valence-corrected chi connectivity index (χ3v) is 5.00. The molecule has 35 heavy (non-hydrogen) atoms. The van der Waals surface area contributed by atoms with E-state index in [0.717, 1.165) is 35.5 Å². The Morgan fingerprint density at radius 1 is 0.914 bits per heavy atom. The molecule has 0 aliphatic heterocycles. The van der Waals surface area contributed by atoms with Gasteiger partial charge in [-0.05, 0) is 54.1 Å². The van der Waals surface area contributed by atoms with Crippen LogP contribution in [0.3, 0.4) is 0 Å². The second kappa shape index (κ2) is 13.4. The van der Waals surface area contributed by atoms with E-state index in [4.69, 9.17) is 25.6 Å². The molecule has 11 heteroatoms. The van der Waals surface area contributed by atoms with Crippen LogP contribution in [-0.2, 0) is 14.9 Å². The molecule has 3 aromatic rings. The topological polar surface area (TPSA) is 178 Å². The average molecular weight is 503 g/mol. The van der Waals surface area contributed by atoms with Crippen molar-refractivity contribution in [2.24, 2.45) is 0 Å². The van der Waals surface area contributed by atoms with Crippen LogP contribution in [0.1, 0.15) is 15.9 Å². The molecule has 0 heterocycles. The molecule has 0 unspecified atom stereocenters. The molecule has 0 saturated carbocycles. The number of aromatic hydroxyl groups is 1. The number of aliphatic carboxylic acids is 1. The van der Waals surface area contributed by atoms with E-state index in [0.29, 0.717) is 5.56 Å². The van der Waals surface area contributed by atoms with Gasteiger partial charge in [0.1, 0.15) is 5.75 Å².